The van der Waals surface area contributed by atoms with E-state index in [4.69, 9.17) is 4.42 Å². The molecule has 1 N–H and O–H groups in total. The standard InChI is InChI=1S/C11H11FN2O/c1-8-2-4-10(15-8)7-14-11-5-3-9(12)6-13-11/h2-6H,7H2,1H3,(H,13,14). The SMILES string of the molecule is Cc1ccc(CNc2ccc(F)cn2)o1. The van der Waals surface area contributed by atoms with Crippen LogP contribution in [-0.2, 0) is 6.54 Å². The zero-order chi connectivity index (χ0) is 10.7. The minimum absolute atomic E-state index is 0.339. The molecule has 3 nitrogen and oxygen atoms in total. The topological polar surface area (TPSA) is 38.1 Å². The molecule has 0 saturated carbocycles. The normalized spacial score (nSPS) is 10.3. The monoisotopic (exact) mass is 206 g/mol. The van der Waals surface area contributed by atoms with Crippen LogP contribution in [-0.4, -0.2) is 4.98 Å². The van der Waals surface area contributed by atoms with Crippen molar-refractivity contribution in [1.29, 1.82) is 0 Å². The van der Waals surface area contributed by atoms with Crippen molar-refractivity contribution in [1.82, 2.24) is 4.98 Å². The lowest BCUT2D eigenvalue weighted by Gasteiger charge is -2.02. The van der Waals surface area contributed by atoms with Crippen molar-refractivity contribution in [2.24, 2.45) is 0 Å². The minimum atomic E-state index is -0.339. The van der Waals surface area contributed by atoms with E-state index < -0.39 is 0 Å². The summed E-state index contributed by atoms with van der Waals surface area (Å²) >= 11 is 0. The minimum Gasteiger partial charge on any atom is -0.465 e. The van der Waals surface area contributed by atoms with Crippen LogP contribution >= 0.6 is 0 Å². The van der Waals surface area contributed by atoms with Crippen LogP contribution < -0.4 is 5.32 Å². The van der Waals surface area contributed by atoms with Crippen molar-refractivity contribution in [3.8, 4) is 0 Å². The predicted octanol–water partition coefficient (Wildman–Crippen LogP) is 2.73. The number of anilines is 1. The summed E-state index contributed by atoms with van der Waals surface area (Å²) in [5.74, 6) is 2.00. The third-order valence-corrected chi connectivity index (χ3v) is 1.97. The van der Waals surface area contributed by atoms with Crippen LogP contribution in [0, 0.1) is 12.7 Å². The number of nitrogens with one attached hydrogen (secondary N) is 1. The Balaban J connectivity index is 1.96. The molecule has 0 aliphatic carbocycles. The summed E-state index contributed by atoms with van der Waals surface area (Å²) in [4.78, 5) is 3.87. The average Bonchev–Trinajstić information content (AvgIpc) is 2.64. The predicted molar refractivity (Wildman–Crippen MR) is 55.0 cm³/mol. The molecule has 2 rings (SSSR count). The summed E-state index contributed by atoms with van der Waals surface area (Å²) < 4.78 is 17.9. The molecule has 0 unspecified atom stereocenters. The second-order valence-corrected chi connectivity index (χ2v) is 3.23. The van der Waals surface area contributed by atoms with Crippen LogP contribution in [0.5, 0.6) is 0 Å². The van der Waals surface area contributed by atoms with E-state index in [-0.39, 0.29) is 5.82 Å². The van der Waals surface area contributed by atoms with Crippen LogP contribution in [0.4, 0.5) is 10.2 Å². The first-order valence-electron chi connectivity index (χ1n) is 4.65. The molecule has 15 heavy (non-hydrogen) atoms. The molecule has 0 bridgehead atoms. The molecule has 0 aromatic carbocycles. The van der Waals surface area contributed by atoms with Crippen molar-refractivity contribution in [3.05, 3.63) is 47.8 Å². The van der Waals surface area contributed by atoms with Crippen LogP contribution in [0.2, 0.25) is 0 Å². The largest absolute Gasteiger partial charge is 0.465 e. The lowest BCUT2D eigenvalue weighted by Crippen LogP contribution is -1.99. The Kier molecular flexibility index (Phi) is 2.67. The lowest BCUT2D eigenvalue weighted by atomic mass is 10.4. The van der Waals surface area contributed by atoms with Gasteiger partial charge in [0.1, 0.15) is 23.2 Å². The van der Waals surface area contributed by atoms with E-state index in [0.717, 1.165) is 11.5 Å². The third-order valence-electron chi connectivity index (χ3n) is 1.97. The highest BCUT2D eigenvalue weighted by Gasteiger charge is 1.99. The molecule has 0 aliphatic rings. The van der Waals surface area contributed by atoms with E-state index in [1.165, 1.54) is 12.3 Å². The molecular weight excluding hydrogens is 195 g/mol. The number of hydrogen-bond acceptors (Lipinski definition) is 3. The van der Waals surface area contributed by atoms with Crippen molar-refractivity contribution in [2.75, 3.05) is 5.32 Å². The van der Waals surface area contributed by atoms with Gasteiger partial charge in [-0.3, -0.25) is 0 Å². The van der Waals surface area contributed by atoms with Gasteiger partial charge in [0, 0.05) is 0 Å². The number of furan rings is 1. The van der Waals surface area contributed by atoms with E-state index in [1.54, 1.807) is 6.07 Å². The quantitative estimate of drug-likeness (QED) is 0.839. The smallest absolute Gasteiger partial charge is 0.141 e. The van der Waals surface area contributed by atoms with Gasteiger partial charge in [0.15, 0.2) is 0 Å². The zero-order valence-electron chi connectivity index (χ0n) is 8.33. The molecule has 0 amide bonds. The Morgan fingerprint density at radius 2 is 2.20 bits per heavy atom. The maximum Gasteiger partial charge on any atom is 0.141 e. The molecule has 0 aliphatic heterocycles. The van der Waals surface area contributed by atoms with Gasteiger partial charge < -0.3 is 9.73 Å². The molecule has 4 heteroatoms. The van der Waals surface area contributed by atoms with Crippen LogP contribution in [0.25, 0.3) is 0 Å². The van der Waals surface area contributed by atoms with E-state index >= 15 is 0 Å². The van der Waals surface area contributed by atoms with Gasteiger partial charge in [0.25, 0.3) is 0 Å². The Morgan fingerprint density at radius 3 is 2.80 bits per heavy atom. The van der Waals surface area contributed by atoms with Gasteiger partial charge in [-0.15, -0.1) is 0 Å². The first-order valence-corrected chi connectivity index (χ1v) is 4.65. The fourth-order valence-electron chi connectivity index (χ4n) is 1.24. The lowest BCUT2D eigenvalue weighted by molar-refractivity contribution is 0.490. The van der Waals surface area contributed by atoms with Crippen molar-refractivity contribution in [3.63, 3.8) is 0 Å². The second kappa shape index (κ2) is 4.13. The van der Waals surface area contributed by atoms with E-state index in [1.807, 2.05) is 19.1 Å². The van der Waals surface area contributed by atoms with Crippen LogP contribution in [0.15, 0.2) is 34.9 Å². The van der Waals surface area contributed by atoms with Gasteiger partial charge in [-0.1, -0.05) is 0 Å². The molecule has 0 saturated heterocycles. The van der Waals surface area contributed by atoms with Gasteiger partial charge in [-0.05, 0) is 31.2 Å². The van der Waals surface area contributed by atoms with Crippen molar-refractivity contribution in [2.45, 2.75) is 13.5 Å². The number of halogens is 1. The van der Waals surface area contributed by atoms with Gasteiger partial charge in [-0.2, -0.15) is 0 Å². The number of nitrogens with zero attached hydrogens (tertiary/aromatic N) is 1. The molecule has 2 aromatic rings. The Labute approximate surface area is 86.9 Å². The fraction of sp³-hybridized carbons (Fsp3) is 0.182. The van der Waals surface area contributed by atoms with Crippen molar-refractivity contribution < 1.29 is 8.81 Å². The highest BCUT2D eigenvalue weighted by atomic mass is 19.1. The molecular formula is C11H11FN2O. The zero-order valence-corrected chi connectivity index (χ0v) is 8.33. The molecule has 2 aromatic heterocycles. The first-order chi connectivity index (χ1) is 7.24. The number of aryl methyl sites for hydroxylation is 1. The molecule has 0 radical (unpaired) electrons. The maximum atomic E-state index is 12.5. The summed E-state index contributed by atoms with van der Waals surface area (Å²) in [6.45, 7) is 2.44. The van der Waals surface area contributed by atoms with Gasteiger partial charge >= 0.3 is 0 Å². The summed E-state index contributed by atoms with van der Waals surface area (Å²) in [5, 5.41) is 3.03. The number of hydrogen-bond donors (Lipinski definition) is 1. The van der Waals surface area contributed by atoms with Crippen LogP contribution in [0.3, 0.4) is 0 Å². The fourth-order valence-corrected chi connectivity index (χ4v) is 1.24. The number of pyridine rings is 1. The summed E-state index contributed by atoms with van der Waals surface area (Å²) in [6, 6.07) is 6.74. The summed E-state index contributed by atoms with van der Waals surface area (Å²) in [7, 11) is 0. The van der Waals surface area contributed by atoms with E-state index in [0.29, 0.717) is 12.4 Å². The number of rotatable bonds is 3. The first kappa shape index (κ1) is 9.71. The highest BCUT2D eigenvalue weighted by molar-refractivity contribution is 5.33. The summed E-state index contributed by atoms with van der Waals surface area (Å²) in [6.07, 6.45) is 1.18. The Hall–Kier alpha value is -1.84. The Bertz CT molecular complexity index is 436. The van der Waals surface area contributed by atoms with Gasteiger partial charge in [0.05, 0.1) is 12.7 Å². The maximum absolute atomic E-state index is 12.5. The second-order valence-electron chi connectivity index (χ2n) is 3.23. The molecule has 0 atom stereocenters. The molecule has 78 valence electrons. The molecule has 0 fully saturated rings. The molecule has 2 heterocycles. The summed E-state index contributed by atoms with van der Waals surface area (Å²) in [5.41, 5.74) is 0. The number of aromatic nitrogens is 1. The average molecular weight is 206 g/mol. The molecule has 0 spiro atoms. The van der Waals surface area contributed by atoms with E-state index in [2.05, 4.69) is 10.3 Å². The van der Waals surface area contributed by atoms with E-state index in [9.17, 15) is 4.39 Å². The third kappa shape index (κ3) is 2.56. The Morgan fingerprint density at radius 1 is 1.33 bits per heavy atom. The van der Waals surface area contributed by atoms with Gasteiger partial charge in [0.2, 0.25) is 0 Å². The van der Waals surface area contributed by atoms with Gasteiger partial charge in [-0.25, -0.2) is 9.37 Å². The van der Waals surface area contributed by atoms with Crippen LogP contribution in [0.1, 0.15) is 11.5 Å². The van der Waals surface area contributed by atoms with Crippen molar-refractivity contribution >= 4 is 5.82 Å². The highest BCUT2D eigenvalue weighted by Crippen LogP contribution is 2.09.